The Morgan fingerprint density at radius 3 is 2.29 bits per heavy atom. The fourth-order valence-electron chi connectivity index (χ4n) is 2.72. The van der Waals surface area contributed by atoms with Crippen molar-refractivity contribution in [2.45, 2.75) is 32.7 Å². The molecule has 0 spiro atoms. The molecule has 0 N–H and O–H groups in total. The Kier molecular flexibility index (Phi) is 3.99. The molecule has 0 unspecified atom stereocenters. The van der Waals surface area contributed by atoms with Gasteiger partial charge in [-0.3, -0.25) is 4.79 Å². The molecular formula is C17H23NO3. The average Bonchev–Trinajstić information content (AvgIpc) is 2.52. The number of rotatable bonds is 3. The van der Waals surface area contributed by atoms with Crippen LogP contribution in [0, 0.1) is 0 Å². The van der Waals surface area contributed by atoms with E-state index in [-0.39, 0.29) is 11.3 Å². The number of carbonyl (C=O) groups excluding carboxylic acids is 1. The van der Waals surface area contributed by atoms with Gasteiger partial charge in [-0.05, 0) is 49.6 Å². The van der Waals surface area contributed by atoms with Gasteiger partial charge in [-0.1, -0.05) is 0 Å². The van der Waals surface area contributed by atoms with Gasteiger partial charge in [-0.15, -0.1) is 0 Å². The molecule has 0 amide bonds. The molecule has 0 saturated heterocycles. The van der Waals surface area contributed by atoms with E-state index in [4.69, 9.17) is 9.47 Å². The first-order chi connectivity index (χ1) is 9.80. The highest BCUT2D eigenvalue weighted by atomic mass is 16.5. The molecule has 0 atom stereocenters. The summed E-state index contributed by atoms with van der Waals surface area (Å²) in [4.78, 5) is 14.0. The van der Waals surface area contributed by atoms with Crippen LogP contribution in [0.2, 0.25) is 0 Å². The summed E-state index contributed by atoms with van der Waals surface area (Å²) in [6, 6.07) is 3.94. The van der Waals surface area contributed by atoms with E-state index >= 15 is 0 Å². The van der Waals surface area contributed by atoms with Crippen LogP contribution in [-0.2, 0) is 11.2 Å². The summed E-state index contributed by atoms with van der Waals surface area (Å²) in [6.45, 7) is 5.87. The van der Waals surface area contributed by atoms with Crippen molar-refractivity contribution < 1.29 is 14.3 Å². The maximum Gasteiger partial charge on any atom is 0.175 e. The topological polar surface area (TPSA) is 38.8 Å². The second kappa shape index (κ2) is 5.43. The van der Waals surface area contributed by atoms with Gasteiger partial charge >= 0.3 is 0 Å². The number of ether oxygens (including phenoxy) is 2. The van der Waals surface area contributed by atoms with Crippen LogP contribution in [0.1, 0.15) is 31.9 Å². The van der Waals surface area contributed by atoms with E-state index in [1.807, 2.05) is 30.2 Å². The third kappa shape index (κ3) is 2.75. The van der Waals surface area contributed by atoms with Gasteiger partial charge in [0.15, 0.2) is 17.3 Å². The quantitative estimate of drug-likeness (QED) is 0.857. The molecule has 0 radical (unpaired) electrons. The molecule has 0 saturated carbocycles. The molecule has 4 nitrogen and oxygen atoms in total. The maximum absolute atomic E-state index is 12.0. The molecule has 0 fully saturated rings. The standard InChI is InChI=1S/C17H23NO3/c1-11(19)14-7-12-8-15(20-5)16(21-6)9-13(12)10-17(2,3)18(14)4/h7-9H,10H2,1-6H3. The molecular weight excluding hydrogens is 266 g/mol. The molecule has 1 aromatic carbocycles. The van der Waals surface area contributed by atoms with Crippen molar-refractivity contribution in [2.24, 2.45) is 0 Å². The minimum absolute atomic E-state index is 0.0632. The lowest BCUT2D eigenvalue weighted by Crippen LogP contribution is -2.42. The van der Waals surface area contributed by atoms with E-state index in [1.54, 1.807) is 21.1 Å². The molecule has 21 heavy (non-hydrogen) atoms. The van der Waals surface area contributed by atoms with Crippen LogP contribution in [0.15, 0.2) is 17.8 Å². The van der Waals surface area contributed by atoms with Gasteiger partial charge in [0.25, 0.3) is 0 Å². The zero-order valence-electron chi connectivity index (χ0n) is 13.6. The lowest BCUT2D eigenvalue weighted by molar-refractivity contribution is -0.115. The molecule has 0 aromatic heterocycles. The second-order valence-corrected chi connectivity index (χ2v) is 6.04. The predicted octanol–water partition coefficient (Wildman–Crippen LogP) is 2.90. The summed E-state index contributed by atoms with van der Waals surface area (Å²) >= 11 is 0. The van der Waals surface area contributed by atoms with Crippen LogP contribution in [0.3, 0.4) is 0 Å². The second-order valence-electron chi connectivity index (χ2n) is 6.04. The van der Waals surface area contributed by atoms with Crippen molar-refractivity contribution in [3.8, 4) is 11.5 Å². The summed E-state index contributed by atoms with van der Waals surface area (Å²) in [5.74, 6) is 1.46. The molecule has 2 rings (SSSR count). The summed E-state index contributed by atoms with van der Waals surface area (Å²) in [7, 11) is 5.22. The van der Waals surface area contributed by atoms with E-state index in [0.717, 1.165) is 23.3 Å². The first-order valence-electron chi connectivity index (χ1n) is 7.01. The molecule has 1 aromatic rings. The monoisotopic (exact) mass is 289 g/mol. The highest BCUT2D eigenvalue weighted by Crippen LogP contribution is 2.37. The minimum atomic E-state index is -0.150. The van der Waals surface area contributed by atoms with Crippen molar-refractivity contribution in [1.29, 1.82) is 0 Å². The maximum atomic E-state index is 12.0. The van der Waals surface area contributed by atoms with Gasteiger partial charge in [0.2, 0.25) is 0 Å². The number of benzene rings is 1. The Hall–Kier alpha value is -1.97. The van der Waals surface area contributed by atoms with Gasteiger partial charge < -0.3 is 14.4 Å². The zero-order valence-corrected chi connectivity index (χ0v) is 13.6. The lowest BCUT2D eigenvalue weighted by atomic mass is 9.92. The predicted molar refractivity (Wildman–Crippen MR) is 83.8 cm³/mol. The van der Waals surface area contributed by atoms with Crippen LogP contribution < -0.4 is 9.47 Å². The van der Waals surface area contributed by atoms with Crippen LogP contribution in [-0.4, -0.2) is 37.5 Å². The molecule has 1 aliphatic rings. The number of nitrogens with zero attached hydrogens (tertiary/aromatic N) is 1. The summed E-state index contributed by atoms with van der Waals surface area (Å²) in [5, 5.41) is 0. The smallest absolute Gasteiger partial charge is 0.175 e. The molecule has 1 aliphatic heterocycles. The van der Waals surface area contributed by atoms with Gasteiger partial charge in [0, 0.05) is 19.5 Å². The number of ketones is 1. The number of carbonyl (C=O) groups is 1. The number of fused-ring (bicyclic) bond motifs is 1. The normalized spacial score (nSPS) is 16.7. The Labute approximate surface area is 126 Å². The van der Waals surface area contributed by atoms with Crippen molar-refractivity contribution in [2.75, 3.05) is 21.3 Å². The Morgan fingerprint density at radius 1 is 1.19 bits per heavy atom. The minimum Gasteiger partial charge on any atom is -0.493 e. The molecule has 4 heteroatoms. The molecule has 114 valence electrons. The first-order valence-corrected chi connectivity index (χ1v) is 7.01. The first kappa shape index (κ1) is 15.4. The third-order valence-electron chi connectivity index (χ3n) is 4.19. The Balaban J connectivity index is 2.67. The average molecular weight is 289 g/mol. The molecule has 0 bridgehead atoms. The van der Waals surface area contributed by atoms with Gasteiger partial charge in [-0.2, -0.15) is 0 Å². The highest BCUT2D eigenvalue weighted by Gasteiger charge is 2.31. The Morgan fingerprint density at radius 2 is 1.76 bits per heavy atom. The summed E-state index contributed by atoms with van der Waals surface area (Å²) < 4.78 is 10.8. The SMILES string of the molecule is COc1cc2c(cc1OC)CC(C)(C)N(C)C(C(C)=O)=C2. The number of allylic oxidation sites excluding steroid dienone is 1. The third-order valence-corrected chi connectivity index (χ3v) is 4.19. The molecule has 0 aliphatic carbocycles. The van der Waals surface area contributed by atoms with E-state index < -0.39 is 0 Å². The van der Waals surface area contributed by atoms with Crippen molar-refractivity contribution in [3.63, 3.8) is 0 Å². The van der Waals surface area contributed by atoms with Crippen LogP contribution in [0.25, 0.3) is 6.08 Å². The van der Waals surface area contributed by atoms with Crippen LogP contribution >= 0.6 is 0 Å². The largest absolute Gasteiger partial charge is 0.493 e. The lowest BCUT2D eigenvalue weighted by Gasteiger charge is -2.37. The van der Waals surface area contributed by atoms with Crippen molar-refractivity contribution in [3.05, 3.63) is 29.0 Å². The van der Waals surface area contributed by atoms with Gasteiger partial charge in [0.05, 0.1) is 19.9 Å². The van der Waals surface area contributed by atoms with Crippen molar-refractivity contribution >= 4 is 11.9 Å². The number of methoxy groups -OCH3 is 2. The fraction of sp³-hybridized carbons (Fsp3) is 0.471. The number of hydrogen-bond donors (Lipinski definition) is 0. The highest BCUT2D eigenvalue weighted by molar-refractivity contribution is 5.97. The molecule has 1 heterocycles. The van der Waals surface area contributed by atoms with E-state index in [1.165, 1.54) is 0 Å². The van der Waals surface area contributed by atoms with Gasteiger partial charge in [-0.25, -0.2) is 0 Å². The van der Waals surface area contributed by atoms with Gasteiger partial charge in [0.1, 0.15) is 0 Å². The summed E-state index contributed by atoms with van der Waals surface area (Å²) in [6.07, 6.45) is 2.76. The summed E-state index contributed by atoms with van der Waals surface area (Å²) in [5.41, 5.74) is 2.73. The number of likely N-dealkylation sites (N-methyl/N-ethyl adjacent to an activating group) is 1. The van der Waals surface area contributed by atoms with E-state index in [2.05, 4.69) is 13.8 Å². The Bertz CT molecular complexity index is 602. The van der Waals surface area contributed by atoms with Crippen molar-refractivity contribution in [1.82, 2.24) is 4.90 Å². The van der Waals surface area contributed by atoms with Crippen LogP contribution in [0.5, 0.6) is 11.5 Å². The van der Waals surface area contributed by atoms with E-state index in [9.17, 15) is 4.79 Å². The zero-order chi connectivity index (χ0) is 15.8. The van der Waals surface area contributed by atoms with Crippen LogP contribution in [0.4, 0.5) is 0 Å². The number of hydrogen-bond acceptors (Lipinski definition) is 4. The fourth-order valence-corrected chi connectivity index (χ4v) is 2.72. The van der Waals surface area contributed by atoms with E-state index in [0.29, 0.717) is 11.4 Å². The number of Topliss-reactive ketones (excluding diaryl/α,β-unsaturated/α-hetero) is 1.